The Hall–Kier alpha value is -1.53. The predicted octanol–water partition coefficient (Wildman–Crippen LogP) is 3.22. The van der Waals surface area contributed by atoms with Crippen molar-refractivity contribution in [1.29, 1.82) is 5.26 Å². The zero-order chi connectivity index (χ0) is 12.1. The molecule has 0 aliphatic rings. The van der Waals surface area contributed by atoms with Gasteiger partial charge in [0.15, 0.2) is 11.9 Å². The maximum absolute atomic E-state index is 11.4. The van der Waals surface area contributed by atoms with E-state index in [1.807, 2.05) is 13.0 Å². The van der Waals surface area contributed by atoms with Gasteiger partial charge in [0.05, 0.1) is 5.56 Å². The van der Waals surface area contributed by atoms with E-state index in [1.54, 1.807) is 18.2 Å². The summed E-state index contributed by atoms with van der Waals surface area (Å²) in [6, 6.07) is 6.80. The lowest BCUT2D eigenvalue weighted by Gasteiger charge is -2.13. The fourth-order valence-electron chi connectivity index (χ4n) is 1.23. The van der Waals surface area contributed by atoms with Gasteiger partial charge in [-0.15, -0.1) is 0 Å². The average Bonchev–Trinajstić information content (AvgIpc) is 2.27. The Balaban J connectivity index is 3.04. The second-order valence-corrected chi connectivity index (χ2v) is 3.78. The summed E-state index contributed by atoms with van der Waals surface area (Å²) in [5.41, 5.74) is 0.404. The molecule has 0 bridgehead atoms. The van der Waals surface area contributed by atoms with Crippen LogP contribution in [0.1, 0.15) is 30.6 Å². The van der Waals surface area contributed by atoms with E-state index in [2.05, 4.69) is 0 Å². The Kier molecular flexibility index (Phi) is 4.33. The van der Waals surface area contributed by atoms with Crippen molar-refractivity contribution in [2.24, 2.45) is 0 Å². The molecule has 0 spiro atoms. The van der Waals surface area contributed by atoms with Crippen molar-refractivity contribution in [2.45, 2.75) is 26.4 Å². The largest absolute Gasteiger partial charge is 0.475 e. The number of rotatable bonds is 4. The second-order valence-electron chi connectivity index (χ2n) is 3.34. The number of hydrogen-bond donors (Lipinski definition) is 0. The van der Waals surface area contributed by atoms with Crippen molar-refractivity contribution >= 4 is 17.4 Å². The number of Topliss-reactive ketones (excluding diaryl/α,β-unsaturated/α-hetero) is 1. The maximum atomic E-state index is 11.4. The van der Waals surface area contributed by atoms with Crippen LogP contribution in [0.5, 0.6) is 5.75 Å². The van der Waals surface area contributed by atoms with Gasteiger partial charge in [0, 0.05) is 5.02 Å². The van der Waals surface area contributed by atoms with E-state index in [0.29, 0.717) is 22.8 Å². The van der Waals surface area contributed by atoms with Gasteiger partial charge < -0.3 is 4.74 Å². The van der Waals surface area contributed by atoms with Crippen molar-refractivity contribution in [3.63, 3.8) is 0 Å². The number of carbonyl (C=O) groups is 1. The molecule has 0 saturated carbocycles. The minimum absolute atomic E-state index is 0.134. The SMILES string of the molecule is CCC(C#N)Oc1ccc(Cl)cc1C(C)=O. The highest BCUT2D eigenvalue weighted by molar-refractivity contribution is 6.31. The molecule has 1 atom stereocenters. The van der Waals surface area contributed by atoms with Crippen molar-refractivity contribution in [1.82, 2.24) is 0 Å². The highest BCUT2D eigenvalue weighted by Gasteiger charge is 2.13. The Morgan fingerprint density at radius 3 is 2.81 bits per heavy atom. The fraction of sp³-hybridized carbons (Fsp3) is 0.333. The first-order valence-electron chi connectivity index (χ1n) is 4.95. The number of benzene rings is 1. The molecule has 1 unspecified atom stereocenters. The number of ether oxygens (including phenoxy) is 1. The summed E-state index contributed by atoms with van der Waals surface area (Å²) in [5, 5.41) is 9.26. The molecule has 4 heteroatoms. The molecule has 1 aromatic rings. The van der Waals surface area contributed by atoms with Gasteiger partial charge >= 0.3 is 0 Å². The van der Waals surface area contributed by atoms with E-state index in [4.69, 9.17) is 21.6 Å². The van der Waals surface area contributed by atoms with E-state index >= 15 is 0 Å². The van der Waals surface area contributed by atoms with Crippen LogP contribution in [0.15, 0.2) is 18.2 Å². The molecule has 0 N–H and O–H groups in total. The fourth-order valence-corrected chi connectivity index (χ4v) is 1.41. The molecule has 0 fully saturated rings. The van der Waals surface area contributed by atoms with Crippen LogP contribution in [0.2, 0.25) is 5.02 Å². The van der Waals surface area contributed by atoms with E-state index in [0.717, 1.165) is 0 Å². The summed E-state index contributed by atoms with van der Waals surface area (Å²) in [6.45, 7) is 3.28. The molecular weight excluding hydrogens is 226 g/mol. The first-order chi connectivity index (χ1) is 7.58. The molecule has 3 nitrogen and oxygen atoms in total. The van der Waals surface area contributed by atoms with Gasteiger partial charge in [0.1, 0.15) is 11.8 Å². The molecule has 1 aromatic carbocycles. The quantitative estimate of drug-likeness (QED) is 0.756. The van der Waals surface area contributed by atoms with Gasteiger partial charge in [-0.1, -0.05) is 18.5 Å². The molecule has 0 radical (unpaired) electrons. The van der Waals surface area contributed by atoms with Gasteiger partial charge in [-0.25, -0.2) is 0 Å². The molecular formula is C12H12ClNO2. The Bertz CT molecular complexity index is 437. The third-order valence-electron chi connectivity index (χ3n) is 2.10. The van der Waals surface area contributed by atoms with E-state index < -0.39 is 6.10 Å². The van der Waals surface area contributed by atoms with Gasteiger partial charge in [-0.3, -0.25) is 4.79 Å². The monoisotopic (exact) mass is 237 g/mol. The zero-order valence-corrected chi connectivity index (χ0v) is 9.91. The van der Waals surface area contributed by atoms with E-state index in [9.17, 15) is 4.79 Å². The van der Waals surface area contributed by atoms with Gasteiger partial charge in [0.25, 0.3) is 0 Å². The molecule has 0 amide bonds. The van der Waals surface area contributed by atoms with E-state index in [1.165, 1.54) is 6.92 Å². The van der Waals surface area contributed by atoms with Gasteiger partial charge in [-0.05, 0) is 31.5 Å². The van der Waals surface area contributed by atoms with Crippen LogP contribution in [0, 0.1) is 11.3 Å². The van der Waals surface area contributed by atoms with Crippen LogP contribution in [0.4, 0.5) is 0 Å². The predicted molar refractivity (Wildman–Crippen MR) is 61.8 cm³/mol. The summed E-state index contributed by atoms with van der Waals surface area (Å²) in [5.74, 6) is 0.274. The average molecular weight is 238 g/mol. The summed E-state index contributed by atoms with van der Waals surface area (Å²) >= 11 is 5.79. The summed E-state index contributed by atoms with van der Waals surface area (Å²) < 4.78 is 5.42. The zero-order valence-electron chi connectivity index (χ0n) is 9.16. The topological polar surface area (TPSA) is 50.1 Å². The minimum atomic E-state index is -0.542. The molecule has 0 aromatic heterocycles. The molecule has 1 rings (SSSR count). The van der Waals surface area contributed by atoms with Crippen LogP contribution in [-0.2, 0) is 0 Å². The Morgan fingerprint density at radius 2 is 2.31 bits per heavy atom. The van der Waals surface area contributed by atoms with Crippen LogP contribution in [-0.4, -0.2) is 11.9 Å². The lowest BCUT2D eigenvalue weighted by molar-refractivity contribution is 0.101. The number of nitriles is 1. The lowest BCUT2D eigenvalue weighted by atomic mass is 10.1. The number of hydrogen-bond acceptors (Lipinski definition) is 3. The highest BCUT2D eigenvalue weighted by atomic mass is 35.5. The smallest absolute Gasteiger partial charge is 0.184 e. The number of halogens is 1. The molecule has 0 aliphatic carbocycles. The molecule has 16 heavy (non-hydrogen) atoms. The number of carbonyl (C=O) groups excluding carboxylic acids is 1. The van der Waals surface area contributed by atoms with Crippen molar-refractivity contribution in [3.8, 4) is 11.8 Å². The normalized spacial score (nSPS) is 11.6. The standard InChI is InChI=1S/C12H12ClNO2/c1-3-10(7-14)16-12-5-4-9(13)6-11(12)8(2)15/h4-6,10H,3H2,1-2H3. The van der Waals surface area contributed by atoms with Crippen LogP contribution in [0.3, 0.4) is 0 Å². The third-order valence-corrected chi connectivity index (χ3v) is 2.34. The first-order valence-corrected chi connectivity index (χ1v) is 5.33. The highest BCUT2D eigenvalue weighted by Crippen LogP contribution is 2.24. The lowest BCUT2D eigenvalue weighted by Crippen LogP contribution is -2.14. The molecule has 84 valence electrons. The van der Waals surface area contributed by atoms with Crippen LogP contribution < -0.4 is 4.74 Å². The van der Waals surface area contributed by atoms with Crippen molar-refractivity contribution in [2.75, 3.05) is 0 Å². The minimum Gasteiger partial charge on any atom is -0.475 e. The first kappa shape index (κ1) is 12.5. The molecule has 0 heterocycles. The maximum Gasteiger partial charge on any atom is 0.184 e. The summed E-state index contributed by atoms with van der Waals surface area (Å²) in [4.78, 5) is 11.4. The van der Waals surface area contributed by atoms with Crippen LogP contribution >= 0.6 is 11.6 Å². The van der Waals surface area contributed by atoms with E-state index in [-0.39, 0.29) is 5.78 Å². The summed E-state index contributed by atoms with van der Waals surface area (Å²) in [6.07, 6.45) is 0.0236. The molecule has 0 saturated heterocycles. The van der Waals surface area contributed by atoms with Gasteiger partial charge in [0.2, 0.25) is 0 Å². The molecule has 0 aliphatic heterocycles. The summed E-state index contributed by atoms with van der Waals surface area (Å²) in [7, 11) is 0. The second kappa shape index (κ2) is 5.53. The number of nitrogens with zero attached hydrogens (tertiary/aromatic N) is 1. The van der Waals surface area contributed by atoms with Crippen molar-refractivity contribution in [3.05, 3.63) is 28.8 Å². The van der Waals surface area contributed by atoms with Gasteiger partial charge in [-0.2, -0.15) is 5.26 Å². The number of ketones is 1. The van der Waals surface area contributed by atoms with Crippen LogP contribution in [0.25, 0.3) is 0 Å². The third kappa shape index (κ3) is 2.98. The Labute approximate surface area is 99.6 Å². The Morgan fingerprint density at radius 1 is 1.62 bits per heavy atom. The van der Waals surface area contributed by atoms with Crippen molar-refractivity contribution < 1.29 is 9.53 Å².